The molecule has 1 amide bonds. The quantitative estimate of drug-likeness (QED) is 0.947. The number of likely N-dealkylation sites (tertiary alicyclic amines) is 1. The molecule has 0 bridgehead atoms. The standard InChI is InChI=1S/C18H21NO3/c1-22-12-13-5-4-8-19(11-13)18(21)16-9-14-6-2-3-7-15(14)10-17(16)20/h2-3,6-7,9-10,13,20H,4-5,8,11-12H2,1H3/t13-/m1/s1. The molecule has 0 aliphatic carbocycles. The third kappa shape index (κ3) is 2.92. The minimum absolute atomic E-state index is 0.0533. The van der Waals surface area contributed by atoms with Gasteiger partial charge in [0.2, 0.25) is 0 Å². The number of phenols is 1. The third-order valence-electron chi connectivity index (χ3n) is 4.30. The Morgan fingerprint density at radius 1 is 1.32 bits per heavy atom. The molecule has 4 heteroatoms. The van der Waals surface area contributed by atoms with Gasteiger partial charge in [-0.3, -0.25) is 4.79 Å². The Hall–Kier alpha value is -2.07. The van der Waals surface area contributed by atoms with E-state index in [1.165, 1.54) is 0 Å². The molecule has 1 fully saturated rings. The summed E-state index contributed by atoms with van der Waals surface area (Å²) in [6.45, 7) is 2.11. The van der Waals surface area contributed by atoms with Crippen LogP contribution in [0.3, 0.4) is 0 Å². The molecule has 4 nitrogen and oxygen atoms in total. The van der Waals surface area contributed by atoms with Crippen molar-refractivity contribution < 1.29 is 14.6 Å². The number of fused-ring (bicyclic) bond motifs is 1. The van der Waals surface area contributed by atoms with Crippen molar-refractivity contribution >= 4 is 16.7 Å². The second-order valence-corrected chi connectivity index (χ2v) is 5.93. The van der Waals surface area contributed by atoms with Crippen LogP contribution in [0.4, 0.5) is 0 Å². The normalized spacial score (nSPS) is 18.6. The first-order valence-electron chi connectivity index (χ1n) is 7.69. The number of aromatic hydroxyl groups is 1. The number of carbonyl (C=O) groups excluding carboxylic acids is 1. The van der Waals surface area contributed by atoms with E-state index in [1.807, 2.05) is 29.2 Å². The summed E-state index contributed by atoms with van der Waals surface area (Å²) in [5.41, 5.74) is 0.386. The number of amides is 1. The van der Waals surface area contributed by atoms with E-state index < -0.39 is 0 Å². The summed E-state index contributed by atoms with van der Waals surface area (Å²) < 4.78 is 5.21. The van der Waals surface area contributed by atoms with E-state index in [9.17, 15) is 9.90 Å². The van der Waals surface area contributed by atoms with Gasteiger partial charge < -0.3 is 14.7 Å². The monoisotopic (exact) mass is 299 g/mol. The lowest BCUT2D eigenvalue weighted by molar-refractivity contribution is 0.0568. The predicted octanol–water partition coefficient (Wildman–Crippen LogP) is 3.04. The number of benzene rings is 2. The van der Waals surface area contributed by atoms with Crippen molar-refractivity contribution in [1.82, 2.24) is 4.90 Å². The number of rotatable bonds is 3. The second-order valence-electron chi connectivity index (χ2n) is 5.93. The molecule has 1 aliphatic heterocycles. The number of carbonyl (C=O) groups is 1. The first-order valence-corrected chi connectivity index (χ1v) is 7.69. The SMILES string of the molecule is COC[C@@H]1CCCN(C(=O)c2cc3ccccc3cc2O)C1. The Bertz CT molecular complexity index is 681. The summed E-state index contributed by atoms with van der Waals surface area (Å²) in [7, 11) is 1.69. The summed E-state index contributed by atoms with van der Waals surface area (Å²) in [5.74, 6) is 0.340. The summed E-state index contributed by atoms with van der Waals surface area (Å²) in [6.07, 6.45) is 2.06. The molecule has 0 saturated carbocycles. The molecule has 1 saturated heterocycles. The molecule has 0 unspecified atom stereocenters. The highest BCUT2D eigenvalue weighted by Crippen LogP contribution is 2.27. The predicted molar refractivity (Wildman–Crippen MR) is 86.1 cm³/mol. The Balaban J connectivity index is 1.86. The minimum atomic E-state index is -0.0935. The van der Waals surface area contributed by atoms with Gasteiger partial charge in [-0.2, -0.15) is 0 Å². The van der Waals surface area contributed by atoms with Gasteiger partial charge in [-0.05, 0) is 41.7 Å². The van der Waals surface area contributed by atoms with Gasteiger partial charge in [-0.1, -0.05) is 24.3 Å². The van der Waals surface area contributed by atoms with Gasteiger partial charge in [0.1, 0.15) is 5.75 Å². The summed E-state index contributed by atoms with van der Waals surface area (Å²) in [4.78, 5) is 14.6. The zero-order valence-electron chi connectivity index (χ0n) is 12.8. The molecule has 0 aromatic heterocycles. The van der Waals surface area contributed by atoms with Crippen molar-refractivity contribution in [2.24, 2.45) is 5.92 Å². The molecule has 2 aromatic carbocycles. The van der Waals surface area contributed by atoms with Crippen LogP contribution in [-0.2, 0) is 4.74 Å². The summed E-state index contributed by atoms with van der Waals surface area (Å²) in [6, 6.07) is 11.2. The zero-order valence-corrected chi connectivity index (χ0v) is 12.8. The lowest BCUT2D eigenvalue weighted by Gasteiger charge is -2.32. The summed E-state index contributed by atoms with van der Waals surface area (Å²) >= 11 is 0. The Kier molecular flexibility index (Phi) is 4.29. The molecule has 2 aromatic rings. The van der Waals surface area contributed by atoms with Crippen LogP contribution in [0.1, 0.15) is 23.2 Å². The first-order chi connectivity index (χ1) is 10.7. The highest BCUT2D eigenvalue weighted by molar-refractivity contribution is 6.01. The van der Waals surface area contributed by atoms with Crippen LogP contribution in [0.2, 0.25) is 0 Å². The average Bonchev–Trinajstić information content (AvgIpc) is 2.54. The van der Waals surface area contributed by atoms with E-state index in [1.54, 1.807) is 19.2 Å². The molecule has 3 rings (SSSR count). The van der Waals surface area contributed by atoms with E-state index in [0.717, 1.165) is 30.2 Å². The highest BCUT2D eigenvalue weighted by atomic mass is 16.5. The van der Waals surface area contributed by atoms with Gasteiger partial charge in [0.15, 0.2) is 0 Å². The topological polar surface area (TPSA) is 49.8 Å². The smallest absolute Gasteiger partial charge is 0.257 e. The fourth-order valence-electron chi connectivity index (χ4n) is 3.19. The second kappa shape index (κ2) is 6.36. The number of nitrogens with zero attached hydrogens (tertiary/aromatic N) is 1. The van der Waals surface area contributed by atoms with E-state index >= 15 is 0 Å². The number of hydrogen-bond acceptors (Lipinski definition) is 3. The highest BCUT2D eigenvalue weighted by Gasteiger charge is 2.26. The van der Waals surface area contributed by atoms with Crippen molar-refractivity contribution in [3.8, 4) is 5.75 Å². The molecule has 1 atom stereocenters. The molecule has 1 aliphatic rings. The van der Waals surface area contributed by atoms with Crippen LogP contribution in [0.15, 0.2) is 36.4 Å². The largest absolute Gasteiger partial charge is 0.507 e. The van der Waals surface area contributed by atoms with Gasteiger partial charge >= 0.3 is 0 Å². The Morgan fingerprint density at radius 3 is 2.77 bits per heavy atom. The van der Waals surface area contributed by atoms with Crippen LogP contribution < -0.4 is 0 Å². The molecule has 22 heavy (non-hydrogen) atoms. The number of ether oxygens (including phenoxy) is 1. The number of hydrogen-bond donors (Lipinski definition) is 1. The van der Waals surface area contributed by atoms with E-state index in [-0.39, 0.29) is 11.7 Å². The van der Waals surface area contributed by atoms with Crippen LogP contribution in [0.25, 0.3) is 10.8 Å². The molecule has 0 radical (unpaired) electrons. The first kappa shape index (κ1) is 14.9. The van der Waals surface area contributed by atoms with Crippen molar-refractivity contribution in [1.29, 1.82) is 0 Å². The van der Waals surface area contributed by atoms with E-state index in [2.05, 4.69) is 0 Å². The Morgan fingerprint density at radius 2 is 2.05 bits per heavy atom. The third-order valence-corrected chi connectivity index (χ3v) is 4.30. The molecule has 1 N–H and O–H groups in total. The van der Waals surface area contributed by atoms with E-state index in [0.29, 0.717) is 24.6 Å². The average molecular weight is 299 g/mol. The lowest BCUT2D eigenvalue weighted by atomic mass is 9.97. The number of phenolic OH excluding ortho intramolecular Hbond substituents is 1. The Labute approximate surface area is 130 Å². The number of methoxy groups -OCH3 is 1. The molecular formula is C18H21NO3. The van der Waals surface area contributed by atoms with Crippen LogP contribution in [0.5, 0.6) is 5.75 Å². The lowest BCUT2D eigenvalue weighted by Crippen LogP contribution is -2.41. The van der Waals surface area contributed by atoms with Crippen molar-refractivity contribution in [2.75, 3.05) is 26.8 Å². The van der Waals surface area contributed by atoms with Gasteiger partial charge in [-0.15, -0.1) is 0 Å². The maximum atomic E-state index is 12.7. The van der Waals surface area contributed by atoms with Crippen molar-refractivity contribution in [3.05, 3.63) is 42.0 Å². The van der Waals surface area contributed by atoms with Crippen molar-refractivity contribution in [2.45, 2.75) is 12.8 Å². The number of piperidine rings is 1. The zero-order chi connectivity index (χ0) is 15.5. The maximum Gasteiger partial charge on any atom is 0.257 e. The fraction of sp³-hybridized carbons (Fsp3) is 0.389. The maximum absolute atomic E-state index is 12.7. The molecular weight excluding hydrogens is 278 g/mol. The molecule has 1 heterocycles. The van der Waals surface area contributed by atoms with Crippen LogP contribution >= 0.6 is 0 Å². The van der Waals surface area contributed by atoms with Gasteiger partial charge in [0.05, 0.1) is 12.2 Å². The van der Waals surface area contributed by atoms with Crippen LogP contribution in [0, 0.1) is 5.92 Å². The fourth-order valence-corrected chi connectivity index (χ4v) is 3.19. The minimum Gasteiger partial charge on any atom is -0.507 e. The molecule has 116 valence electrons. The summed E-state index contributed by atoms with van der Waals surface area (Å²) in [5, 5.41) is 12.1. The molecule has 0 spiro atoms. The van der Waals surface area contributed by atoms with Crippen LogP contribution in [-0.4, -0.2) is 42.7 Å². The van der Waals surface area contributed by atoms with Crippen molar-refractivity contribution in [3.63, 3.8) is 0 Å². The van der Waals surface area contributed by atoms with E-state index in [4.69, 9.17) is 4.74 Å². The van der Waals surface area contributed by atoms with Gasteiger partial charge in [0, 0.05) is 20.2 Å². The van der Waals surface area contributed by atoms with Gasteiger partial charge in [-0.25, -0.2) is 0 Å². The van der Waals surface area contributed by atoms with Gasteiger partial charge in [0.25, 0.3) is 5.91 Å².